The first-order chi connectivity index (χ1) is 12.4. The SMILES string of the molecule is C=C(C(N)=O)C(CN(C)NC(=S)C(N)C(C)O)NC(=O)NC(CO)C(=O)O. The number of aliphatic hydroxyl groups excluding tert-OH is 2. The molecule has 0 aliphatic carbocycles. The Balaban J connectivity index is 5.03. The van der Waals surface area contributed by atoms with Gasteiger partial charge in [0.1, 0.15) is 4.99 Å². The first kappa shape index (κ1) is 24.7. The fraction of sp³-hybridized carbons (Fsp3) is 0.571. The van der Waals surface area contributed by atoms with E-state index < -0.39 is 48.7 Å². The number of amides is 3. The summed E-state index contributed by atoms with van der Waals surface area (Å²) in [5.41, 5.74) is 13.4. The molecule has 0 aliphatic rings. The van der Waals surface area contributed by atoms with Crippen LogP contribution in [-0.2, 0) is 9.59 Å². The number of hydrogen-bond donors (Lipinski definition) is 8. The number of nitrogens with zero attached hydrogens (tertiary/aromatic N) is 1. The summed E-state index contributed by atoms with van der Waals surface area (Å²) in [5.74, 6) is -2.32. The van der Waals surface area contributed by atoms with Gasteiger partial charge in [-0.05, 0) is 6.92 Å². The molecule has 4 unspecified atom stereocenters. The molecular formula is C14H26N6O6S. The predicted octanol–water partition coefficient (Wildman–Crippen LogP) is -3.39. The van der Waals surface area contributed by atoms with Crippen molar-refractivity contribution in [2.24, 2.45) is 11.5 Å². The lowest BCUT2D eigenvalue weighted by Gasteiger charge is -2.28. The minimum Gasteiger partial charge on any atom is -0.480 e. The highest BCUT2D eigenvalue weighted by atomic mass is 32.1. The minimum atomic E-state index is -1.53. The van der Waals surface area contributed by atoms with E-state index in [-0.39, 0.29) is 17.1 Å². The fourth-order valence-corrected chi connectivity index (χ4v) is 2.11. The third-order valence-corrected chi connectivity index (χ3v) is 3.77. The number of hydrogen-bond acceptors (Lipinski definition) is 8. The van der Waals surface area contributed by atoms with Crippen molar-refractivity contribution in [3.8, 4) is 0 Å². The van der Waals surface area contributed by atoms with E-state index in [0.29, 0.717) is 0 Å². The Morgan fingerprint density at radius 2 is 1.78 bits per heavy atom. The van der Waals surface area contributed by atoms with E-state index in [4.69, 9.17) is 33.9 Å². The molecule has 4 atom stereocenters. The summed E-state index contributed by atoms with van der Waals surface area (Å²) in [5, 5.41) is 33.0. The lowest BCUT2D eigenvalue weighted by Crippen LogP contribution is -2.57. The molecule has 0 saturated heterocycles. The molecule has 0 spiro atoms. The van der Waals surface area contributed by atoms with Gasteiger partial charge >= 0.3 is 12.0 Å². The van der Waals surface area contributed by atoms with E-state index in [9.17, 15) is 19.5 Å². The zero-order valence-electron chi connectivity index (χ0n) is 15.0. The number of nitrogens with two attached hydrogens (primary N) is 2. The smallest absolute Gasteiger partial charge is 0.328 e. The number of carbonyl (C=O) groups excluding carboxylic acids is 2. The second kappa shape index (κ2) is 11.4. The Labute approximate surface area is 161 Å². The monoisotopic (exact) mass is 406 g/mol. The Morgan fingerprint density at radius 3 is 2.19 bits per heavy atom. The van der Waals surface area contributed by atoms with Gasteiger partial charge in [0.05, 0.1) is 24.8 Å². The third-order valence-electron chi connectivity index (χ3n) is 3.41. The number of aliphatic carboxylic acids is 1. The molecule has 0 aromatic heterocycles. The van der Waals surface area contributed by atoms with Gasteiger partial charge in [-0.2, -0.15) is 0 Å². The van der Waals surface area contributed by atoms with Crippen molar-refractivity contribution in [3.05, 3.63) is 12.2 Å². The average Bonchev–Trinajstić information content (AvgIpc) is 2.56. The van der Waals surface area contributed by atoms with Crippen molar-refractivity contribution in [2.75, 3.05) is 20.2 Å². The highest BCUT2D eigenvalue weighted by molar-refractivity contribution is 7.80. The third kappa shape index (κ3) is 8.74. The van der Waals surface area contributed by atoms with Gasteiger partial charge < -0.3 is 42.8 Å². The molecule has 0 aliphatic heterocycles. The fourth-order valence-electron chi connectivity index (χ4n) is 1.76. The molecule has 0 fully saturated rings. The first-order valence-electron chi connectivity index (χ1n) is 7.75. The maximum Gasteiger partial charge on any atom is 0.328 e. The Hall–Kier alpha value is -2.32. The van der Waals surface area contributed by atoms with Gasteiger partial charge in [-0.25, -0.2) is 14.6 Å². The van der Waals surface area contributed by atoms with Crippen molar-refractivity contribution in [3.63, 3.8) is 0 Å². The van der Waals surface area contributed by atoms with Crippen LogP contribution in [-0.4, -0.2) is 87.7 Å². The van der Waals surface area contributed by atoms with Gasteiger partial charge in [-0.3, -0.25) is 4.79 Å². The molecule has 0 rings (SSSR count). The molecule has 0 aromatic rings. The van der Waals surface area contributed by atoms with E-state index in [1.165, 1.54) is 19.0 Å². The van der Waals surface area contributed by atoms with Crippen LogP contribution >= 0.6 is 12.2 Å². The summed E-state index contributed by atoms with van der Waals surface area (Å²) in [6, 6.07) is -4.34. The van der Waals surface area contributed by atoms with E-state index in [1.807, 2.05) is 5.32 Å². The molecule has 10 N–H and O–H groups in total. The van der Waals surface area contributed by atoms with Crippen molar-refractivity contribution in [1.82, 2.24) is 21.1 Å². The van der Waals surface area contributed by atoms with E-state index in [1.54, 1.807) is 0 Å². The topological polar surface area (TPSA) is 203 Å². The molecule has 12 nitrogen and oxygen atoms in total. The molecule has 13 heteroatoms. The summed E-state index contributed by atoms with van der Waals surface area (Å²) in [4.78, 5) is 34.3. The van der Waals surface area contributed by atoms with Gasteiger partial charge in [0.15, 0.2) is 6.04 Å². The Kier molecular flexibility index (Phi) is 10.4. The number of primary amides is 1. The number of urea groups is 1. The van der Waals surface area contributed by atoms with Crippen molar-refractivity contribution >= 4 is 35.1 Å². The van der Waals surface area contributed by atoms with E-state index in [0.717, 1.165) is 0 Å². The van der Waals surface area contributed by atoms with Gasteiger partial charge in [0.25, 0.3) is 0 Å². The highest BCUT2D eigenvalue weighted by Gasteiger charge is 2.25. The first-order valence-corrected chi connectivity index (χ1v) is 8.16. The van der Waals surface area contributed by atoms with E-state index >= 15 is 0 Å². The molecular weight excluding hydrogens is 380 g/mol. The highest BCUT2D eigenvalue weighted by Crippen LogP contribution is 2.02. The van der Waals surface area contributed by atoms with Crippen LogP contribution in [0.25, 0.3) is 0 Å². The summed E-state index contributed by atoms with van der Waals surface area (Å²) in [7, 11) is 1.52. The van der Waals surface area contributed by atoms with Gasteiger partial charge in [0.2, 0.25) is 5.91 Å². The summed E-state index contributed by atoms with van der Waals surface area (Å²) < 4.78 is 0. The largest absolute Gasteiger partial charge is 0.480 e. The number of nitrogens with one attached hydrogen (secondary N) is 3. The Morgan fingerprint density at radius 1 is 1.26 bits per heavy atom. The molecule has 154 valence electrons. The standard InChI is InChI=1S/C14H26N6O6S/c1-6(11(16)23)8(17-14(26)18-9(5-21)13(24)25)4-20(3)19-12(27)10(15)7(2)22/h7-10,21-22H,1,4-5,15H2,2-3H3,(H2,16,23)(H,19,27)(H,24,25)(H2,17,18,26). The number of hydrazine groups is 1. The molecule has 0 aromatic carbocycles. The van der Waals surface area contributed by atoms with Crippen LogP contribution in [0, 0.1) is 0 Å². The van der Waals surface area contributed by atoms with Gasteiger partial charge in [-0.1, -0.05) is 18.8 Å². The molecule has 0 heterocycles. The number of carboxylic acid groups (broad SMARTS) is 1. The number of carboxylic acids is 1. The minimum absolute atomic E-state index is 0.0568. The van der Waals surface area contributed by atoms with Gasteiger partial charge in [0, 0.05) is 19.2 Å². The van der Waals surface area contributed by atoms with Crippen LogP contribution < -0.4 is 27.5 Å². The normalized spacial score (nSPS) is 15.2. The zero-order valence-corrected chi connectivity index (χ0v) is 15.8. The lowest BCUT2D eigenvalue weighted by atomic mass is 10.1. The second-order valence-electron chi connectivity index (χ2n) is 5.76. The number of thiocarbonyl (C=S) groups is 1. The number of likely N-dealkylation sites (N-methyl/N-ethyl adjacent to an activating group) is 1. The number of aliphatic hydroxyl groups is 2. The quantitative estimate of drug-likeness (QED) is 0.0970. The predicted molar refractivity (Wildman–Crippen MR) is 100 cm³/mol. The molecule has 3 amide bonds. The number of carbonyl (C=O) groups is 3. The van der Waals surface area contributed by atoms with Crippen molar-refractivity contribution in [2.45, 2.75) is 31.2 Å². The van der Waals surface area contributed by atoms with Crippen LogP contribution in [0.3, 0.4) is 0 Å². The van der Waals surface area contributed by atoms with Crippen LogP contribution in [0.5, 0.6) is 0 Å². The van der Waals surface area contributed by atoms with Crippen molar-refractivity contribution in [1.29, 1.82) is 0 Å². The van der Waals surface area contributed by atoms with E-state index in [2.05, 4.69) is 17.3 Å². The molecule has 0 bridgehead atoms. The Bertz CT molecular complexity index is 586. The summed E-state index contributed by atoms with van der Waals surface area (Å²) >= 11 is 5.04. The maximum atomic E-state index is 11.9. The second-order valence-corrected chi connectivity index (χ2v) is 6.20. The molecule has 0 saturated carbocycles. The molecule has 0 radical (unpaired) electrons. The summed E-state index contributed by atoms with van der Waals surface area (Å²) in [6.45, 7) is 4.08. The van der Waals surface area contributed by atoms with Crippen molar-refractivity contribution < 1.29 is 29.7 Å². The number of rotatable bonds is 11. The van der Waals surface area contributed by atoms with Gasteiger partial charge in [-0.15, -0.1) is 0 Å². The average molecular weight is 406 g/mol. The summed E-state index contributed by atoms with van der Waals surface area (Å²) in [6.07, 6.45) is -0.898. The van der Waals surface area contributed by atoms with Crippen LogP contribution in [0.4, 0.5) is 4.79 Å². The zero-order chi connectivity index (χ0) is 21.3. The lowest BCUT2D eigenvalue weighted by molar-refractivity contribution is -0.140. The van der Waals surface area contributed by atoms with Crippen LogP contribution in [0.15, 0.2) is 12.2 Å². The maximum absolute atomic E-state index is 11.9. The van der Waals surface area contributed by atoms with Crippen LogP contribution in [0.2, 0.25) is 0 Å². The molecule has 27 heavy (non-hydrogen) atoms. The van der Waals surface area contributed by atoms with Crippen LogP contribution in [0.1, 0.15) is 6.92 Å².